The predicted molar refractivity (Wildman–Crippen MR) is 124 cm³/mol. The maximum Gasteiger partial charge on any atom is 0.309 e. The minimum absolute atomic E-state index is 0.197. The number of esters is 1. The van der Waals surface area contributed by atoms with Crippen LogP contribution in [0.15, 0.2) is 30.5 Å². The van der Waals surface area contributed by atoms with Crippen LogP contribution in [0.3, 0.4) is 0 Å². The number of hydrogen-bond acceptors (Lipinski definition) is 5. The Morgan fingerprint density at radius 2 is 1.91 bits per heavy atom. The van der Waals surface area contributed by atoms with Gasteiger partial charge in [-0.2, -0.15) is 4.98 Å². The number of imidazole rings is 1. The average Bonchev–Trinajstić information content (AvgIpc) is 3.17. The van der Waals surface area contributed by atoms with Crippen molar-refractivity contribution in [2.24, 2.45) is 5.92 Å². The standard InChI is InChI=1S/C23H35FN3O4Si/c1-5-31-23(28)19-10-12-27(29,13-11-19)21-16-26(17-30-14-15-32(2,3)4)22(25-21)18-6-8-20(24)9-7-18/h6-9,16,19,29H,5,10-15,17H2,1-4H3/q+1. The number of hydrogen-bond donors (Lipinski definition) is 1. The highest BCUT2D eigenvalue weighted by atomic mass is 28.3. The summed E-state index contributed by atoms with van der Waals surface area (Å²) in [4.78, 5) is 16.8. The first kappa shape index (κ1) is 24.6. The number of hydroxylamine groups is 2. The van der Waals surface area contributed by atoms with Gasteiger partial charge in [-0.15, -0.1) is 4.65 Å². The minimum atomic E-state index is -1.21. The Morgan fingerprint density at radius 1 is 1.25 bits per heavy atom. The van der Waals surface area contributed by atoms with Crippen molar-refractivity contribution in [3.8, 4) is 11.4 Å². The number of carbonyl (C=O) groups is 1. The van der Waals surface area contributed by atoms with Crippen LogP contribution in [0.25, 0.3) is 11.4 Å². The zero-order valence-electron chi connectivity index (χ0n) is 19.5. The Bertz CT molecular complexity index is 903. The molecule has 0 atom stereocenters. The van der Waals surface area contributed by atoms with Crippen LogP contribution in [-0.2, 0) is 21.0 Å². The molecule has 1 aliphatic rings. The monoisotopic (exact) mass is 464 g/mol. The summed E-state index contributed by atoms with van der Waals surface area (Å²) in [6.07, 6.45) is 2.86. The molecule has 1 N–H and O–H groups in total. The van der Waals surface area contributed by atoms with Gasteiger partial charge in [-0.1, -0.05) is 19.6 Å². The minimum Gasteiger partial charge on any atom is -0.466 e. The third kappa shape index (κ3) is 6.25. The smallest absolute Gasteiger partial charge is 0.309 e. The highest BCUT2D eigenvalue weighted by Crippen LogP contribution is 2.31. The molecule has 0 radical (unpaired) electrons. The summed E-state index contributed by atoms with van der Waals surface area (Å²) in [5, 5.41) is 11.3. The van der Waals surface area contributed by atoms with E-state index in [1.165, 1.54) is 12.1 Å². The number of aromatic nitrogens is 2. The SMILES string of the molecule is CCOC(=O)C1CC[N+](O)(c2cn(COCC[Si](C)(C)C)c(-c3ccc(F)cc3)n2)CC1. The molecule has 32 heavy (non-hydrogen) atoms. The number of benzene rings is 1. The Balaban J connectivity index is 1.79. The molecule has 2 aromatic rings. The van der Waals surface area contributed by atoms with Gasteiger partial charge in [0, 0.05) is 33.1 Å². The van der Waals surface area contributed by atoms with Crippen molar-refractivity contribution in [2.45, 2.75) is 52.2 Å². The van der Waals surface area contributed by atoms with E-state index >= 15 is 0 Å². The summed E-state index contributed by atoms with van der Waals surface area (Å²) in [5.74, 6) is 0.404. The number of piperidine rings is 1. The predicted octanol–water partition coefficient (Wildman–Crippen LogP) is 4.67. The van der Waals surface area contributed by atoms with E-state index in [0.29, 0.717) is 57.5 Å². The Morgan fingerprint density at radius 3 is 2.50 bits per heavy atom. The zero-order chi connectivity index (χ0) is 23.4. The molecule has 9 heteroatoms. The second-order valence-electron chi connectivity index (χ2n) is 9.64. The highest BCUT2D eigenvalue weighted by Gasteiger charge is 2.40. The summed E-state index contributed by atoms with van der Waals surface area (Å²) >= 11 is 0. The van der Waals surface area contributed by atoms with Crippen LogP contribution in [0.1, 0.15) is 19.8 Å². The van der Waals surface area contributed by atoms with Gasteiger partial charge in [0.25, 0.3) is 5.82 Å². The van der Waals surface area contributed by atoms with Crippen LogP contribution in [-0.4, -0.2) is 55.1 Å². The van der Waals surface area contributed by atoms with E-state index in [2.05, 4.69) is 19.6 Å². The van der Waals surface area contributed by atoms with Gasteiger partial charge in [-0.25, -0.2) is 9.60 Å². The van der Waals surface area contributed by atoms with Gasteiger partial charge in [-0.3, -0.25) is 4.79 Å². The lowest BCUT2D eigenvalue weighted by Gasteiger charge is -2.33. The second kappa shape index (κ2) is 10.2. The van der Waals surface area contributed by atoms with Gasteiger partial charge in [0.15, 0.2) is 0 Å². The topological polar surface area (TPSA) is 73.6 Å². The number of nitrogens with zero attached hydrogens (tertiary/aromatic N) is 3. The molecule has 1 aromatic carbocycles. The van der Waals surface area contributed by atoms with E-state index in [9.17, 15) is 14.4 Å². The van der Waals surface area contributed by atoms with Gasteiger partial charge in [0.1, 0.15) is 31.5 Å². The largest absolute Gasteiger partial charge is 0.466 e. The van der Waals surface area contributed by atoms with Crippen molar-refractivity contribution in [1.29, 1.82) is 0 Å². The molecule has 0 spiro atoms. The summed E-state index contributed by atoms with van der Waals surface area (Å²) in [6.45, 7) is 10.8. The van der Waals surface area contributed by atoms with E-state index in [1.807, 2.05) is 4.57 Å². The molecule has 7 nitrogen and oxygen atoms in total. The molecule has 0 saturated carbocycles. The number of carbonyl (C=O) groups excluding carboxylic acids is 1. The zero-order valence-corrected chi connectivity index (χ0v) is 20.5. The van der Waals surface area contributed by atoms with Crippen LogP contribution in [0, 0.1) is 11.7 Å². The first-order valence-corrected chi connectivity index (χ1v) is 15.0. The van der Waals surface area contributed by atoms with Gasteiger partial charge in [-0.05, 0) is 37.2 Å². The maximum atomic E-state index is 13.4. The summed E-state index contributed by atoms with van der Waals surface area (Å²) in [6, 6.07) is 7.20. The molecule has 3 rings (SSSR count). The lowest BCUT2D eigenvalue weighted by atomic mass is 9.96. The normalized spacial score (nSPS) is 21.5. The molecule has 1 aliphatic heterocycles. The van der Waals surface area contributed by atoms with Crippen molar-refractivity contribution in [1.82, 2.24) is 14.2 Å². The Labute approximate surface area is 190 Å². The third-order valence-electron chi connectivity index (χ3n) is 5.83. The van der Waals surface area contributed by atoms with Crippen molar-refractivity contribution in [3.63, 3.8) is 0 Å². The quantitative estimate of drug-likeness (QED) is 0.253. The molecule has 1 saturated heterocycles. The Hall–Kier alpha value is -2.07. The molecular weight excluding hydrogens is 429 g/mol. The van der Waals surface area contributed by atoms with Crippen LogP contribution < -0.4 is 4.65 Å². The Kier molecular flexibility index (Phi) is 7.87. The average molecular weight is 465 g/mol. The number of rotatable bonds is 9. The van der Waals surface area contributed by atoms with Gasteiger partial charge in [0.05, 0.1) is 18.7 Å². The molecule has 176 valence electrons. The lowest BCUT2D eigenvalue weighted by molar-refractivity contribution is -0.155. The lowest BCUT2D eigenvalue weighted by Crippen LogP contribution is -2.52. The molecule has 0 bridgehead atoms. The molecule has 0 amide bonds. The third-order valence-corrected chi connectivity index (χ3v) is 7.54. The fourth-order valence-corrected chi connectivity index (χ4v) is 4.55. The molecule has 1 fully saturated rings. The molecule has 1 aromatic heterocycles. The van der Waals surface area contributed by atoms with Gasteiger partial charge in [0.2, 0.25) is 0 Å². The van der Waals surface area contributed by atoms with E-state index in [1.54, 1.807) is 25.3 Å². The highest BCUT2D eigenvalue weighted by molar-refractivity contribution is 6.76. The molecule has 2 heterocycles. The molecular formula is C23H35FN3O4Si+. The number of ether oxygens (including phenoxy) is 2. The van der Waals surface area contributed by atoms with E-state index in [-0.39, 0.29) is 22.4 Å². The summed E-state index contributed by atoms with van der Waals surface area (Å²) in [5.41, 5.74) is 0.749. The summed E-state index contributed by atoms with van der Waals surface area (Å²) in [7, 11) is -1.21. The first-order valence-electron chi connectivity index (χ1n) is 11.3. The van der Waals surface area contributed by atoms with Gasteiger partial charge >= 0.3 is 5.97 Å². The van der Waals surface area contributed by atoms with Crippen molar-refractivity contribution in [2.75, 3.05) is 26.3 Å². The van der Waals surface area contributed by atoms with Crippen LogP contribution >= 0.6 is 0 Å². The first-order chi connectivity index (χ1) is 15.1. The fourth-order valence-electron chi connectivity index (χ4n) is 3.79. The molecule has 0 unspecified atom stereocenters. The van der Waals surface area contributed by atoms with Crippen molar-refractivity contribution in [3.05, 3.63) is 36.3 Å². The van der Waals surface area contributed by atoms with Crippen molar-refractivity contribution < 1.29 is 23.9 Å². The van der Waals surface area contributed by atoms with Crippen LogP contribution in [0.2, 0.25) is 25.7 Å². The van der Waals surface area contributed by atoms with E-state index in [0.717, 1.165) is 11.6 Å². The number of halogens is 1. The molecule has 0 aliphatic carbocycles. The van der Waals surface area contributed by atoms with Crippen LogP contribution in [0.5, 0.6) is 0 Å². The second-order valence-corrected chi connectivity index (χ2v) is 15.3. The van der Waals surface area contributed by atoms with Crippen molar-refractivity contribution >= 4 is 19.9 Å². The summed E-state index contributed by atoms with van der Waals surface area (Å²) < 4.78 is 26.0. The fraction of sp³-hybridized carbons (Fsp3) is 0.565. The van der Waals surface area contributed by atoms with Crippen LogP contribution in [0.4, 0.5) is 10.2 Å². The van der Waals surface area contributed by atoms with Gasteiger partial charge < -0.3 is 14.0 Å². The maximum absolute atomic E-state index is 13.4. The van der Waals surface area contributed by atoms with E-state index in [4.69, 9.17) is 14.5 Å². The van der Waals surface area contributed by atoms with E-state index < -0.39 is 8.07 Å². The number of quaternary nitrogens is 1.